The van der Waals surface area contributed by atoms with Gasteiger partial charge in [-0.2, -0.15) is 0 Å². The van der Waals surface area contributed by atoms with Crippen LogP contribution in [-0.4, -0.2) is 35.9 Å². The van der Waals surface area contributed by atoms with Gasteiger partial charge in [0.2, 0.25) is 5.91 Å². The van der Waals surface area contributed by atoms with E-state index in [1.807, 2.05) is 31.2 Å². The van der Waals surface area contributed by atoms with Gasteiger partial charge in [0.05, 0.1) is 0 Å². The summed E-state index contributed by atoms with van der Waals surface area (Å²) in [7, 11) is 0. The topological polar surface area (TPSA) is 58.6 Å². The Morgan fingerprint density at radius 1 is 1.09 bits per heavy atom. The molecule has 2 aromatic carbocycles. The van der Waals surface area contributed by atoms with Gasteiger partial charge in [-0.25, -0.2) is 0 Å². The molecule has 0 aromatic heterocycles. The number of carbonyl (C=O) groups excluding carboxylic acids is 2. The number of benzene rings is 2. The molecule has 0 fully saturated rings. The zero-order valence-electron chi connectivity index (χ0n) is 20.8. The fourth-order valence-corrected chi connectivity index (χ4v) is 4.16. The van der Waals surface area contributed by atoms with Gasteiger partial charge in [-0.1, -0.05) is 88.5 Å². The maximum atomic E-state index is 13.4. The molecule has 0 radical (unpaired) electrons. The largest absolute Gasteiger partial charge is 0.483 e. The molecule has 1 N–H and O–H groups in total. The zero-order valence-corrected chi connectivity index (χ0v) is 22.3. The zero-order chi connectivity index (χ0) is 25.3. The van der Waals surface area contributed by atoms with Crippen molar-refractivity contribution in [2.75, 3.05) is 13.2 Å². The van der Waals surface area contributed by atoms with Crippen LogP contribution in [0.2, 0.25) is 10.0 Å². The smallest absolute Gasteiger partial charge is 0.261 e. The van der Waals surface area contributed by atoms with Crippen molar-refractivity contribution in [3.8, 4) is 5.75 Å². The molecule has 0 bridgehead atoms. The van der Waals surface area contributed by atoms with E-state index in [4.69, 9.17) is 27.9 Å². The van der Waals surface area contributed by atoms with Gasteiger partial charge < -0.3 is 15.0 Å². The Balaban J connectivity index is 2.29. The fourth-order valence-electron chi connectivity index (χ4n) is 3.69. The molecule has 0 aliphatic rings. The Bertz CT molecular complexity index is 973. The van der Waals surface area contributed by atoms with E-state index in [1.165, 1.54) is 0 Å². The van der Waals surface area contributed by atoms with Crippen molar-refractivity contribution in [2.24, 2.45) is 0 Å². The summed E-state index contributed by atoms with van der Waals surface area (Å²) in [5.74, 6) is 0.199. The molecule has 186 valence electrons. The normalized spacial score (nSPS) is 12.2. The predicted octanol–water partition coefficient (Wildman–Crippen LogP) is 6.39. The molecule has 1 atom stereocenters. The standard InChI is InChI=1S/C27H36Cl2N2O3/c1-6-8-15-30-26(33)23(7-2)31(17-19-13-14-20(28)16-22(19)29)25(32)18-34-24-12-10-9-11-21(24)27(3,4)5/h9-14,16,23H,6-8,15,17-18H2,1-5H3,(H,30,33). The third kappa shape index (κ3) is 7.92. The van der Waals surface area contributed by atoms with Crippen LogP contribution >= 0.6 is 23.2 Å². The second kappa shape index (κ2) is 13.0. The van der Waals surface area contributed by atoms with Crippen molar-refractivity contribution in [3.63, 3.8) is 0 Å². The van der Waals surface area contributed by atoms with Gasteiger partial charge in [0.25, 0.3) is 5.91 Å². The number of ether oxygens (including phenoxy) is 1. The van der Waals surface area contributed by atoms with E-state index in [9.17, 15) is 9.59 Å². The van der Waals surface area contributed by atoms with Gasteiger partial charge in [0.15, 0.2) is 6.61 Å². The van der Waals surface area contributed by atoms with Gasteiger partial charge in [-0.05, 0) is 47.6 Å². The fraction of sp³-hybridized carbons (Fsp3) is 0.481. The average Bonchev–Trinajstić information content (AvgIpc) is 2.78. The van der Waals surface area contributed by atoms with Crippen molar-refractivity contribution in [1.82, 2.24) is 10.2 Å². The quantitative estimate of drug-likeness (QED) is 0.359. The molecule has 2 aromatic rings. The lowest BCUT2D eigenvalue weighted by Gasteiger charge is -2.31. The first-order chi connectivity index (χ1) is 16.1. The van der Waals surface area contributed by atoms with Crippen molar-refractivity contribution in [1.29, 1.82) is 0 Å². The minimum absolute atomic E-state index is 0.138. The van der Waals surface area contributed by atoms with Crippen molar-refractivity contribution < 1.29 is 14.3 Å². The molecule has 0 spiro atoms. The Kier molecular flexibility index (Phi) is 10.7. The summed E-state index contributed by atoms with van der Waals surface area (Å²) in [5.41, 5.74) is 1.59. The molecule has 1 unspecified atom stereocenters. The van der Waals surface area contributed by atoms with Crippen molar-refractivity contribution >= 4 is 35.0 Å². The minimum Gasteiger partial charge on any atom is -0.483 e. The first kappa shape index (κ1) is 28.0. The SMILES string of the molecule is CCCCNC(=O)C(CC)N(Cc1ccc(Cl)cc1Cl)C(=O)COc1ccccc1C(C)(C)C. The van der Waals surface area contributed by atoms with Crippen LogP contribution in [0.1, 0.15) is 65.0 Å². The van der Waals surface area contributed by atoms with E-state index < -0.39 is 6.04 Å². The molecule has 0 aliphatic heterocycles. The number of rotatable bonds is 11. The van der Waals surface area contributed by atoms with E-state index in [0.717, 1.165) is 18.4 Å². The van der Waals surface area contributed by atoms with Gasteiger partial charge >= 0.3 is 0 Å². The predicted molar refractivity (Wildman–Crippen MR) is 140 cm³/mol. The molecular formula is C27H36Cl2N2O3. The van der Waals surface area contributed by atoms with E-state index in [1.54, 1.807) is 23.1 Å². The van der Waals surface area contributed by atoms with E-state index in [-0.39, 0.29) is 30.4 Å². The number of hydrogen-bond acceptors (Lipinski definition) is 3. The summed E-state index contributed by atoms with van der Waals surface area (Å²) >= 11 is 12.4. The summed E-state index contributed by atoms with van der Waals surface area (Å²) in [6.45, 7) is 10.8. The van der Waals surface area contributed by atoms with E-state index in [2.05, 4.69) is 33.0 Å². The number of para-hydroxylation sites is 1. The summed E-state index contributed by atoms with van der Waals surface area (Å²) in [6.07, 6.45) is 2.32. The number of halogens is 2. The highest BCUT2D eigenvalue weighted by molar-refractivity contribution is 6.35. The molecule has 2 amide bonds. The van der Waals surface area contributed by atoms with Gasteiger partial charge in [-0.3, -0.25) is 9.59 Å². The maximum absolute atomic E-state index is 13.4. The monoisotopic (exact) mass is 506 g/mol. The van der Waals surface area contributed by atoms with Gasteiger partial charge in [-0.15, -0.1) is 0 Å². The number of amides is 2. The number of nitrogens with zero attached hydrogens (tertiary/aromatic N) is 1. The Labute approximate surface area is 213 Å². The van der Waals surface area contributed by atoms with Gasteiger partial charge in [0, 0.05) is 23.1 Å². The maximum Gasteiger partial charge on any atom is 0.261 e. The number of nitrogens with one attached hydrogen (secondary N) is 1. The third-order valence-corrected chi connectivity index (χ3v) is 6.20. The van der Waals surface area contributed by atoms with Crippen LogP contribution in [0.3, 0.4) is 0 Å². The highest BCUT2D eigenvalue weighted by Gasteiger charge is 2.30. The Morgan fingerprint density at radius 3 is 2.41 bits per heavy atom. The van der Waals surface area contributed by atoms with Crippen LogP contribution in [0.15, 0.2) is 42.5 Å². The lowest BCUT2D eigenvalue weighted by molar-refractivity contribution is -0.143. The summed E-state index contributed by atoms with van der Waals surface area (Å²) in [5, 5.41) is 3.92. The molecule has 34 heavy (non-hydrogen) atoms. The van der Waals surface area contributed by atoms with Crippen LogP contribution in [0, 0.1) is 0 Å². The van der Waals surface area contributed by atoms with Crippen LogP contribution in [-0.2, 0) is 21.5 Å². The van der Waals surface area contributed by atoms with Crippen LogP contribution in [0.5, 0.6) is 5.75 Å². The van der Waals surface area contributed by atoms with Crippen LogP contribution in [0.25, 0.3) is 0 Å². The molecule has 5 nitrogen and oxygen atoms in total. The lowest BCUT2D eigenvalue weighted by atomic mass is 9.86. The molecule has 0 aliphatic carbocycles. The number of unbranched alkanes of at least 4 members (excludes halogenated alkanes) is 1. The molecule has 2 rings (SSSR count). The second-order valence-electron chi connectivity index (χ2n) is 9.36. The molecular weight excluding hydrogens is 471 g/mol. The second-order valence-corrected chi connectivity index (χ2v) is 10.2. The van der Waals surface area contributed by atoms with Gasteiger partial charge in [0.1, 0.15) is 11.8 Å². The van der Waals surface area contributed by atoms with E-state index >= 15 is 0 Å². The average molecular weight is 508 g/mol. The Morgan fingerprint density at radius 2 is 1.79 bits per heavy atom. The first-order valence-corrected chi connectivity index (χ1v) is 12.6. The first-order valence-electron chi connectivity index (χ1n) is 11.8. The molecule has 0 saturated carbocycles. The van der Waals surface area contributed by atoms with Crippen LogP contribution < -0.4 is 10.1 Å². The number of carbonyl (C=O) groups is 2. The lowest BCUT2D eigenvalue weighted by Crippen LogP contribution is -2.50. The minimum atomic E-state index is -0.641. The highest BCUT2D eigenvalue weighted by Crippen LogP contribution is 2.31. The van der Waals surface area contributed by atoms with E-state index in [0.29, 0.717) is 34.3 Å². The summed E-state index contributed by atoms with van der Waals surface area (Å²) in [4.78, 5) is 28.0. The summed E-state index contributed by atoms with van der Waals surface area (Å²) in [6, 6.07) is 12.2. The summed E-state index contributed by atoms with van der Waals surface area (Å²) < 4.78 is 5.99. The molecule has 0 heterocycles. The van der Waals surface area contributed by atoms with Crippen molar-refractivity contribution in [3.05, 3.63) is 63.6 Å². The van der Waals surface area contributed by atoms with Crippen LogP contribution in [0.4, 0.5) is 0 Å². The highest BCUT2D eigenvalue weighted by atomic mass is 35.5. The third-order valence-electron chi connectivity index (χ3n) is 5.62. The molecule has 0 saturated heterocycles. The van der Waals surface area contributed by atoms with Crippen molar-refractivity contribution in [2.45, 2.75) is 71.9 Å². The molecule has 7 heteroatoms. The number of hydrogen-bond donors (Lipinski definition) is 1. The Hall–Kier alpha value is -2.24.